The lowest BCUT2D eigenvalue weighted by Crippen LogP contribution is -2.37. The predicted molar refractivity (Wildman–Crippen MR) is 132 cm³/mol. The Morgan fingerprint density at radius 3 is 1.72 bits per heavy atom. The van der Waals surface area contributed by atoms with Crippen LogP contribution in [0.4, 0.5) is 0 Å². The highest BCUT2D eigenvalue weighted by Gasteiger charge is 2.56. The Balaban J connectivity index is 0.000000173. The van der Waals surface area contributed by atoms with E-state index in [0.29, 0.717) is 0 Å². The molecule has 0 bridgehead atoms. The maximum absolute atomic E-state index is 11.9. The van der Waals surface area contributed by atoms with Gasteiger partial charge >= 0.3 is 11.9 Å². The van der Waals surface area contributed by atoms with Gasteiger partial charge in [-0.25, -0.2) is 19.3 Å². The van der Waals surface area contributed by atoms with Crippen molar-refractivity contribution in [3.63, 3.8) is 0 Å². The average Bonchev–Trinajstić information content (AvgIpc) is 3.76. The summed E-state index contributed by atoms with van der Waals surface area (Å²) in [7, 11) is 0. The molecule has 4 aliphatic heterocycles. The average molecular weight is 611 g/mol. The number of ether oxygens (including phenoxy) is 6. The smallest absolute Gasteiger partial charge is 0.320 e. The second kappa shape index (κ2) is 11.5. The quantitative estimate of drug-likeness (QED) is 0.182. The summed E-state index contributed by atoms with van der Waals surface area (Å²) in [6, 6.07) is 0. The highest BCUT2D eigenvalue weighted by Crippen LogP contribution is 2.42. The van der Waals surface area contributed by atoms with E-state index in [0.717, 1.165) is 4.68 Å². The van der Waals surface area contributed by atoms with E-state index in [1.165, 1.54) is 24.3 Å². The number of amides is 2. The van der Waals surface area contributed by atoms with Crippen molar-refractivity contribution in [3.8, 4) is 0 Å². The van der Waals surface area contributed by atoms with Gasteiger partial charge in [-0.3, -0.25) is 19.2 Å². The van der Waals surface area contributed by atoms with Crippen LogP contribution < -0.4 is 11.5 Å². The topological polar surface area (TPSA) is 278 Å². The van der Waals surface area contributed by atoms with Crippen LogP contribution in [0.25, 0.3) is 0 Å². The third-order valence-corrected chi connectivity index (χ3v) is 6.96. The molecule has 0 spiro atoms. The molecule has 234 valence electrons. The lowest BCUT2D eigenvalue weighted by molar-refractivity contribution is -0.201. The summed E-state index contributed by atoms with van der Waals surface area (Å²) in [5.41, 5.74) is 10.2. The van der Waals surface area contributed by atoms with Crippen molar-refractivity contribution in [2.45, 2.75) is 75.6 Å². The summed E-state index contributed by atoms with van der Waals surface area (Å²) >= 11 is 0. The van der Waals surface area contributed by atoms with E-state index in [2.05, 4.69) is 20.2 Å². The lowest BCUT2D eigenvalue weighted by atomic mass is 10.1. The molecule has 43 heavy (non-hydrogen) atoms. The number of esters is 2. The number of aromatic nitrogens is 6. The molecule has 0 saturated carbocycles. The highest BCUT2D eigenvalue weighted by molar-refractivity contribution is 5.95. The van der Waals surface area contributed by atoms with Crippen molar-refractivity contribution < 1.29 is 57.8 Å². The Bertz CT molecular complexity index is 1400. The third-order valence-electron chi connectivity index (χ3n) is 6.96. The molecule has 4 aliphatic rings. The number of hydrogen-bond acceptors (Lipinski definition) is 16. The number of rotatable bonds is 6. The zero-order chi connectivity index (χ0) is 31.2. The molecule has 6 rings (SSSR count). The van der Waals surface area contributed by atoms with E-state index in [1.807, 2.05) is 0 Å². The minimum absolute atomic E-state index is 0.101. The lowest BCUT2D eigenvalue weighted by Gasteiger charge is -2.23. The molecule has 20 nitrogen and oxygen atoms in total. The highest BCUT2D eigenvalue weighted by atomic mass is 16.8. The van der Waals surface area contributed by atoms with Gasteiger partial charge in [0.15, 0.2) is 36.4 Å². The summed E-state index contributed by atoms with van der Waals surface area (Å²) in [6.45, 7) is 4.26. The number of primary amides is 2. The van der Waals surface area contributed by atoms with Crippen molar-refractivity contribution in [3.05, 3.63) is 24.3 Å². The second-order valence-electron chi connectivity index (χ2n) is 10.4. The van der Waals surface area contributed by atoms with E-state index < -0.39 is 91.1 Å². The van der Waals surface area contributed by atoms with E-state index in [4.69, 9.17) is 39.9 Å². The maximum Gasteiger partial charge on any atom is 0.320 e. The van der Waals surface area contributed by atoms with Gasteiger partial charge in [0.25, 0.3) is 11.8 Å². The van der Waals surface area contributed by atoms with Crippen LogP contribution in [0, 0.1) is 5.92 Å². The number of fused-ring (bicyclic) bond motifs is 2. The molecule has 0 aliphatic carbocycles. The number of hydrogen-bond donors (Lipinski definition) is 4. The summed E-state index contributed by atoms with van der Waals surface area (Å²) in [6.07, 6.45) is -3.42. The van der Waals surface area contributed by atoms with Crippen molar-refractivity contribution in [1.82, 2.24) is 29.5 Å². The van der Waals surface area contributed by atoms with Gasteiger partial charge in [-0.1, -0.05) is 0 Å². The third kappa shape index (κ3) is 5.79. The predicted octanol–water partition coefficient (Wildman–Crippen LogP) is -3.47. The first-order valence-corrected chi connectivity index (χ1v) is 13.0. The monoisotopic (exact) mass is 610 g/mol. The SMILES string of the molecule is CC1(C)OC2C(O1)[C@@H](CO)O[C@H]2n1cnc(C(N)=O)n1.CC1C(=O)OC2C(OC1=O)[C@@H](CO)O[C@H]2n1cnc(C(N)=O)n1. The Labute approximate surface area is 242 Å². The summed E-state index contributed by atoms with van der Waals surface area (Å²) < 4.78 is 35.6. The molecule has 4 saturated heterocycles. The number of aliphatic hydroxyl groups is 2. The van der Waals surface area contributed by atoms with Gasteiger partial charge in [0.05, 0.1) is 13.2 Å². The Kier molecular flexibility index (Phi) is 8.15. The van der Waals surface area contributed by atoms with E-state index >= 15 is 0 Å². The number of nitrogens with two attached hydrogens (primary N) is 2. The summed E-state index contributed by atoms with van der Waals surface area (Å²) in [5.74, 6) is -5.30. The van der Waals surface area contributed by atoms with Crippen molar-refractivity contribution in [1.29, 1.82) is 0 Å². The molecule has 2 aromatic heterocycles. The zero-order valence-corrected chi connectivity index (χ0v) is 23.1. The first-order valence-electron chi connectivity index (χ1n) is 13.0. The van der Waals surface area contributed by atoms with Gasteiger partial charge in [0.1, 0.15) is 37.1 Å². The second-order valence-corrected chi connectivity index (χ2v) is 10.4. The molecule has 4 fully saturated rings. The minimum Gasteiger partial charge on any atom is -0.455 e. The van der Waals surface area contributed by atoms with Crippen LogP contribution in [-0.4, -0.2) is 119 Å². The van der Waals surface area contributed by atoms with Crippen LogP contribution in [0.5, 0.6) is 0 Å². The number of carbonyl (C=O) groups is 4. The van der Waals surface area contributed by atoms with Crippen molar-refractivity contribution >= 4 is 23.8 Å². The fourth-order valence-corrected chi connectivity index (χ4v) is 4.94. The van der Waals surface area contributed by atoms with E-state index in [1.54, 1.807) is 13.8 Å². The molecule has 0 aromatic carbocycles. The fourth-order valence-electron chi connectivity index (χ4n) is 4.94. The number of carbonyl (C=O) groups excluding carboxylic acids is 4. The largest absolute Gasteiger partial charge is 0.455 e. The van der Waals surface area contributed by atoms with Gasteiger partial charge in [0, 0.05) is 0 Å². The van der Waals surface area contributed by atoms with Gasteiger partial charge < -0.3 is 50.1 Å². The van der Waals surface area contributed by atoms with Gasteiger partial charge in [-0.05, 0) is 20.8 Å². The Morgan fingerprint density at radius 2 is 1.26 bits per heavy atom. The standard InChI is InChI=1S/C12H14N4O7.C11H16N4O5/c1-4-11(19)22-6-5(2-17)21-10(7(6)23-12(4)20)16-3-14-9(15-16)8(13)18;1-11(2)19-6-5(3-16)18-10(7(6)20-11)15-4-13-9(14-15)8(12)17/h3-7,10,17H,2H2,1H3,(H2,13,18);4-7,10,16H,3H2,1-2H3,(H2,12,17)/t4?,5-,6?,7?,10-;5-,6?,7?,10-/m11/s1. The first kappa shape index (κ1) is 30.4. The van der Waals surface area contributed by atoms with Crippen LogP contribution in [0.2, 0.25) is 0 Å². The van der Waals surface area contributed by atoms with Crippen LogP contribution >= 0.6 is 0 Å². The van der Waals surface area contributed by atoms with Crippen molar-refractivity contribution in [2.24, 2.45) is 17.4 Å². The van der Waals surface area contributed by atoms with E-state index in [-0.39, 0.29) is 18.3 Å². The molecular formula is C23H30N8O12. The maximum atomic E-state index is 11.9. The Hall–Kier alpha value is -4.08. The molecule has 5 unspecified atom stereocenters. The van der Waals surface area contributed by atoms with Crippen molar-refractivity contribution in [2.75, 3.05) is 13.2 Å². The molecule has 2 amide bonds. The first-order chi connectivity index (χ1) is 20.3. The van der Waals surface area contributed by atoms with Crippen LogP contribution in [0.15, 0.2) is 12.7 Å². The molecule has 2 aromatic rings. The fraction of sp³-hybridized carbons (Fsp3) is 0.652. The van der Waals surface area contributed by atoms with Gasteiger partial charge in [-0.15, -0.1) is 10.2 Å². The molecule has 6 heterocycles. The molecule has 20 heteroatoms. The molecular weight excluding hydrogens is 580 g/mol. The van der Waals surface area contributed by atoms with Crippen LogP contribution in [0.3, 0.4) is 0 Å². The molecule has 6 N–H and O–H groups in total. The van der Waals surface area contributed by atoms with Gasteiger partial charge in [-0.2, -0.15) is 0 Å². The van der Waals surface area contributed by atoms with Crippen LogP contribution in [0.1, 0.15) is 54.5 Å². The zero-order valence-electron chi connectivity index (χ0n) is 23.1. The minimum atomic E-state index is -1.09. The normalized spacial score (nSPS) is 34.3. The van der Waals surface area contributed by atoms with E-state index in [9.17, 15) is 29.4 Å². The molecule has 0 radical (unpaired) electrons. The summed E-state index contributed by atoms with van der Waals surface area (Å²) in [4.78, 5) is 53.3. The van der Waals surface area contributed by atoms with Gasteiger partial charge in [0.2, 0.25) is 11.6 Å². The van der Waals surface area contributed by atoms with Crippen LogP contribution in [-0.2, 0) is 38.0 Å². The molecule has 9 atom stereocenters. The Morgan fingerprint density at radius 1 is 0.814 bits per heavy atom. The number of aliphatic hydroxyl groups excluding tert-OH is 2. The summed E-state index contributed by atoms with van der Waals surface area (Å²) in [5, 5.41) is 26.6. The number of nitrogens with zero attached hydrogens (tertiary/aromatic N) is 6.